The average Bonchev–Trinajstić information content (AvgIpc) is 3.13. The summed E-state index contributed by atoms with van der Waals surface area (Å²) in [6.45, 7) is 4.25. The van der Waals surface area contributed by atoms with E-state index < -0.39 is 0 Å². The molecule has 0 bridgehead atoms. The second-order valence-electron chi connectivity index (χ2n) is 6.60. The molecule has 134 valence electrons. The molecule has 0 saturated heterocycles. The van der Waals surface area contributed by atoms with Crippen molar-refractivity contribution in [3.8, 4) is 0 Å². The zero-order valence-electron chi connectivity index (χ0n) is 14.6. The molecule has 1 heterocycles. The molecule has 6 nitrogen and oxygen atoms in total. The first kappa shape index (κ1) is 18.8. The van der Waals surface area contributed by atoms with Crippen LogP contribution in [0, 0.1) is 11.8 Å². The summed E-state index contributed by atoms with van der Waals surface area (Å²) in [5, 5.41) is 14.9. The Hall–Kier alpha value is -1.50. The molecule has 2 rings (SSSR count). The molecule has 0 radical (unpaired) electrons. The quantitative estimate of drug-likeness (QED) is 0.599. The number of unbranched alkanes of at least 4 members (excludes halogenated alkanes) is 5. The predicted molar refractivity (Wildman–Crippen MR) is 95.9 cm³/mol. The molecule has 1 aromatic heterocycles. The summed E-state index contributed by atoms with van der Waals surface area (Å²) in [6.07, 6.45) is 9.32. The first-order chi connectivity index (χ1) is 11.6. The molecule has 7 heteroatoms. The van der Waals surface area contributed by atoms with Crippen molar-refractivity contribution >= 4 is 28.3 Å². The minimum Gasteiger partial charge on any atom is -0.347 e. The molecule has 2 amide bonds. The number of amides is 2. The van der Waals surface area contributed by atoms with Crippen LogP contribution < -0.4 is 10.6 Å². The smallest absolute Gasteiger partial charge is 0.245 e. The fourth-order valence-electron chi connectivity index (χ4n) is 2.61. The van der Waals surface area contributed by atoms with E-state index in [2.05, 4.69) is 27.8 Å². The van der Waals surface area contributed by atoms with Crippen molar-refractivity contribution in [3.63, 3.8) is 0 Å². The molecule has 1 saturated carbocycles. The lowest BCUT2D eigenvalue weighted by Gasteiger charge is -2.03. The summed E-state index contributed by atoms with van der Waals surface area (Å²) in [5.74, 6) is 0.251. The first-order valence-corrected chi connectivity index (χ1v) is 9.81. The molecule has 2 atom stereocenters. The van der Waals surface area contributed by atoms with Crippen LogP contribution in [0.15, 0.2) is 0 Å². The third kappa shape index (κ3) is 6.55. The first-order valence-electron chi connectivity index (χ1n) is 9.00. The van der Waals surface area contributed by atoms with Crippen molar-refractivity contribution in [2.45, 2.75) is 65.2 Å². The number of hydrogen-bond donors (Lipinski definition) is 2. The number of carbonyl (C=O) groups excluding carboxylic acids is 2. The van der Waals surface area contributed by atoms with E-state index in [1.165, 1.54) is 43.4 Å². The minimum atomic E-state index is -0.251. The van der Waals surface area contributed by atoms with Gasteiger partial charge in [0.1, 0.15) is 5.01 Å². The van der Waals surface area contributed by atoms with Gasteiger partial charge in [-0.3, -0.25) is 14.9 Å². The van der Waals surface area contributed by atoms with Gasteiger partial charge in [-0.05, 0) is 18.8 Å². The Kier molecular flexibility index (Phi) is 7.62. The second kappa shape index (κ2) is 9.71. The molecular formula is C17H28N4O2S. The highest BCUT2D eigenvalue weighted by atomic mass is 32.1. The van der Waals surface area contributed by atoms with Crippen LogP contribution in [0.2, 0.25) is 0 Å². The van der Waals surface area contributed by atoms with Crippen LogP contribution in [0.1, 0.15) is 63.8 Å². The van der Waals surface area contributed by atoms with Gasteiger partial charge in [0, 0.05) is 12.3 Å². The van der Waals surface area contributed by atoms with Gasteiger partial charge in [-0.2, -0.15) is 0 Å². The average molecular weight is 353 g/mol. The van der Waals surface area contributed by atoms with E-state index in [1.807, 2.05) is 6.92 Å². The Morgan fingerprint density at radius 1 is 1.17 bits per heavy atom. The van der Waals surface area contributed by atoms with Crippen molar-refractivity contribution in [2.24, 2.45) is 11.8 Å². The number of anilines is 1. The lowest BCUT2D eigenvalue weighted by molar-refractivity contribution is -0.125. The Balaban J connectivity index is 1.60. The van der Waals surface area contributed by atoms with Crippen molar-refractivity contribution in [2.75, 3.05) is 11.9 Å². The largest absolute Gasteiger partial charge is 0.347 e. The van der Waals surface area contributed by atoms with Gasteiger partial charge in [-0.25, -0.2) is 0 Å². The zero-order chi connectivity index (χ0) is 17.4. The van der Waals surface area contributed by atoms with Gasteiger partial charge in [0.25, 0.3) is 0 Å². The highest BCUT2D eigenvalue weighted by Crippen LogP contribution is 2.37. The SMILES string of the molecule is CCCCCCCCc1nnc(NC(=O)CNC(=O)C2CC2C)s1. The van der Waals surface area contributed by atoms with E-state index in [0.717, 1.165) is 24.3 Å². The fourth-order valence-corrected chi connectivity index (χ4v) is 3.41. The maximum Gasteiger partial charge on any atom is 0.245 e. The molecule has 0 spiro atoms. The molecular weight excluding hydrogens is 324 g/mol. The van der Waals surface area contributed by atoms with E-state index in [1.54, 1.807) is 0 Å². The predicted octanol–water partition coefficient (Wildman–Crippen LogP) is 3.15. The zero-order valence-corrected chi connectivity index (χ0v) is 15.5. The molecule has 1 aromatic rings. The van der Waals surface area contributed by atoms with Crippen LogP contribution in [0.4, 0.5) is 5.13 Å². The minimum absolute atomic E-state index is 0.00556. The fraction of sp³-hybridized carbons (Fsp3) is 0.765. The van der Waals surface area contributed by atoms with Gasteiger partial charge >= 0.3 is 0 Å². The highest BCUT2D eigenvalue weighted by Gasteiger charge is 2.38. The van der Waals surface area contributed by atoms with E-state index in [4.69, 9.17) is 0 Å². The molecule has 1 aliphatic rings. The maximum absolute atomic E-state index is 11.8. The number of rotatable bonds is 11. The Labute approximate surface area is 147 Å². The summed E-state index contributed by atoms with van der Waals surface area (Å²) in [6, 6.07) is 0. The van der Waals surface area contributed by atoms with Crippen LogP contribution in [0.5, 0.6) is 0 Å². The number of aryl methyl sites for hydroxylation is 1. The van der Waals surface area contributed by atoms with E-state index in [9.17, 15) is 9.59 Å². The number of carbonyl (C=O) groups is 2. The normalized spacial score (nSPS) is 19.1. The van der Waals surface area contributed by atoms with Gasteiger partial charge in [0.2, 0.25) is 16.9 Å². The van der Waals surface area contributed by atoms with Crippen molar-refractivity contribution in [1.82, 2.24) is 15.5 Å². The summed E-state index contributed by atoms with van der Waals surface area (Å²) in [7, 11) is 0. The van der Waals surface area contributed by atoms with Crippen molar-refractivity contribution in [3.05, 3.63) is 5.01 Å². The van der Waals surface area contributed by atoms with Crippen LogP contribution in [0.25, 0.3) is 0 Å². The van der Waals surface area contributed by atoms with Gasteiger partial charge in [-0.15, -0.1) is 10.2 Å². The number of aromatic nitrogens is 2. The Bertz CT molecular complexity index is 546. The van der Waals surface area contributed by atoms with E-state index >= 15 is 0 Å². The molecule has 1 aliphatic carbocycles. The topological polar surface area (TPSA) is 84.0 Å². The summed E-state index contributed by atoms with van der Waals surface area (Å²) < 4.78 is 0. The van der Waals surface area contributed by atoms with E-state index in [-0.39, 0.29) is 24.3 Å². The Morgan fingerprint density at radius 2 is 1.88 bits per heavy atom. The van der Waals surface area contributed by atoms with Gasteiger partial charge in [-0.1, -0.05) is 57.3 Å². The molecule has 0 aromatic carbocycles. The van der Waals surface area contributed by atoms with Gasteiger partial charge in [0.05, 0.1) is 6.54 Å². The highest BCUT2D eigenvalue weighted by molar-refractivity contribution is 7.15. The van der Waals surface area contributed by atoms with Crippen LogP contribution in [-0.4, -0.2) is 28.6 Å². The lowest BCUT2D eigenvalue weighted by Crippen LogP contribution is -2.34. The molecule has 2 unspecified atom stereocenters. The molecule has 24 heavy (non-hydrogen) atoms. The molecule has 0 aliphatic heterocycles. The molecule has 1 fully saturated rings. The number of nitrogens with zero attached hydrogens (tertiary/aromatic N) is 2. The monoisotopic (exact) mass is 352 g/mol. The standard InChI is InChI=1S/C17H28N4O2S/c1-3-4-5-6-7-8-9-15-20-21-17(24-15)19-14(22)11-18-16(23)13-10-12(13)2/h12-13H,3-11H2,1-2H3,(H,18,23)(H,19,21,22). The van der Waals surface area contributed by atoms with Crippen molar-refractivity contribution < 1.29 is 9.59 Å². The summed E-state index contributed by atoms with van der Waals surface area (Å²) >= 11 is 1.42. The third-order valence-electron chi connectivity index (χ3n) is 4.33. The second-order valence-corrected chi connectivity index (χ2v) is 7.67. The Morgan fingerprint density at radius 3 is 2.58 bits per heavy atom. The summed E-state index contributed by atoms with van der Waals surface area (Å²) in [5.41, 5.74) is 0. The molecule has 2 N–H and O–H groups in total. The lowest BCUT2D eigenvalue weighted by atomic mass is 10.1. The third-order valence-corrected chi connectivity index (χ3v) is 5.23. The van der Waals surface area contributed by atoms with Gasteiger partial charge in [0.15, 0.2) is 0 Å². The number of hydrogen-bond acceptors (Lipinski definition) is 5. The van der Waals surface area contributed by atoms with Crippen LogP contribution >= 0.6 is 11.3 Å². The number of nitrogens with one attached hydrogen (secondary N) is 2. The van der Waals surface area contributed by atoms with Crippen molar-refractivity contribution in [1.29, 1.82) is 0 Å². The van der Waals surface area contributed by atoms with E-state index in [0.29, 0.717) is 11.0 Å². The van der Waals surface area contributed by atoms with Crippen LogP contribution in [0.3, 0.4) is 0 Å². The summed E-state index contributed by atoms with van der Waals surface area (Å²) in [4.78, 5) is 23.5. The van der Waals surface area contributed by atoms with Gasteiger partial charge < -0.3 is 5.32 Å². The van der Waals surface area contributed by atoms with Crippen LogP contribution in [-0.2, 0) is 16.0 Å². The maximum atomic E-state index is 11.8.